The number of hydrogen-bond acceptors (Lipinski definition) is 1. The maximum atomic E-state index is 4.74. The third-order valence-electron chi connectivity index (χ3n) is 3.55. The van der Waals surface area contributed by atoms with Crippen LogP contribution >= 0.6 is 31.9 Å². The molecule has 0 bridgehead atoms. The quantitative estimate of drug-likeness (QED) is 0.711. The SMILES string of the molecule is BrCC(CBr)Cc1ccn(C2CCCCC2)n1. The summed E-state index contributed by atoms with van der Waals surface area (Å²) in [5.74, 6) is 0.643. The van der Waals surface area contributed by atoms with Crippen LogP contribution in [0.1, 0.15) is 43.8 Å². The van der Waals surface area contributed by atoms with E-state index in [9.17, 15) is 0 Å². The third-order valence-corrected chi connectivity index (χ3v) is 5.38. The van der Waals surface area contributed by atoms with Gasteiger partial charge in [-0.05, 0) is 31.2 Å². The molecule has 96 valence electrons. The van der Waals surface area contributed by atoms with Gasteiger partial charge in [-0.3, -0.25) is 4.68 Å². The highest BCUT2D eigenvalue weighted by atomic mass is 79.9. The predicted molar refractivity (Wildman–Crippen MR) is 79.1 cm³/mol. The first-order valence-electron chi connectivity index (χ1n) is 6.49. The molecule has 2 nitrogen and oxygen atoms in total. The first-order chi connectivity index (χ1) is 8.33. The minimum Gasteiger partial charge on any atom is -0.269 e. The van der Waals surface area contributed by atoms with Gasteiger partial charge in [0.05, 0.1) is 11.7 Å². The summed E-state index contributed by atoms with van der Waals surface area (Å²) in [6.45, 7) is 0. The Morgan fingerprint density at radius 1 is 1.24 bits per heavy atom. The van der Waals surface area contributed by atoms with Crippen molar-refractivity contribution in [2.45, 2.75) is 44.6 Å². The van der Waals surface area contributed by atoms with E-state index in [4.69, 9.17) is 5.10 Å². The maximum absolute atomic E-state index is 4.74. The zero-order valence-corrected chi connectivity index (χ0v) is 13.3. The largest absolute Gasteiger partial charge is 0.269 e. The molecule has 0 N–H and O–H groups in total. The van der Waals surface area contributed by atoms with Gasteiger partial charge in [0.15, 0.2) is 0 Å². The van der Waals surface area contributed by atoms with Gasteiger partial charge in [-0.1, -0.05) is 51.1 Å². The summed E-state index contributed by atoms with van der Waals surface area (Å²) >= 11 is 7.10. The van der Waals surface area contributed by atoms with Gasteiger partial charge in [0.25, 0.3) is 0 Å². The van der Waals surface area contributed by atoms with E-state index in [1.807, 2.05) is 0 Å². The molecule has 1 saturated carbocycles. The number of hydrogen-bond donors (Lipinski definition) is 0. The zero-order valence-electron chi connectivity index (χ0n) is 10.1. The minimum atomic E-state index is 0.643. The molecule has 1 aliphatic carbocycles. The van der Waals surface area contributed by atoms with E-state index in [0.717, 1.165) is 17.1 Å². The standard InChI is InChI=1S/C13H20Br2N2/c14-9-11(10-15)8-12-6-7-17(16-12)13-4-2-1-3-5-13/h6-7,11,13H,1-5,8-10H2. The molecular formula is C13H20Br2N2. The third kappa shape index (κ3) is 3.82. The predicted octanol–water partition coefficient (Wildman–Crippen LogP) is 4.34. The number of aromatic nitrogens is 2. The van der Waals surface area contributed by atoms with Gasteiger partial charge in [0, 0.05) is 16.9 Å². The Morgan fingerprint density at radius 2 is 1.94 bits per heavy atom. The summed E-state index contributed by atoms with van der Waals surface area (Å²) in [5.41, 5.74) is 1.24. The van der Waals surface area contributed by atoms with E-state index >= 15 is 0 Å². The van der Waals surface area contributed by atoms with Crippen LogP contribution in [0.3, 0.4) is 0 Å². The summed E-state index contributed by atoms with van der Waals surface area (Å²) in [7, 11) is 0. The summed E-state index contributed by atoms with van der Waals surface area (Å²) in [4.78, 5) is 0. The van der Waals surface area contributed by atoms with Gasteiger partial charge < -0.3 is 0 Å². The Kier molecular flexibility index (Phi) is 5.54. The van der Waals surface area contributed by atoms with Crippen molar-refractivity contribution >= 4 is 31.9 Å². The van der Waals surface area contributed by atoms with E-state index in [2.05, 4.69) is 48.8 Å². The maximum Gasteiger partial charge on any atom is 0.0628 e. The molecule has 0 saturated heterocycles. The van der Waals surface area contributed by atoms with Crippen molar-refractivity contribution in [2.24, 2.45) is 5.92 Å². The second-order valence-electron chi connectivity index (χ2n) is 4.96. The van der Waals surface area contributed by atoms with E-state index in [0.29, 0.717) is 12.0 Å². The van der Waals surface area contributed by atoms with Gasteiger partial charge >= 0.3 is 0 Å². The van der Waals surface area contributed by atoms with Crippen LogP contribution in [0.2, 0.25) is 0 Å². The molecule has 0 atom stereocenters. The van der Waals surface area contributed by atoms with Crippen molar-refractivity contribution in [1.82, 2.24) is 9.78 Å². The summed E-state index contributed by atoms with van der Waals surface area (Å²) < 4.78 is 2.20. The molecule has 0 radical (unpaired) electrons. The Labute approximate surface area is 120 Å². The molecule has 0 aromatic carbocycles. The average molecular weight is 364 g/mol. The Hall–Kier alpha value is 0.170. The van der Waals surface area contributed by atoms with Gasteiger partial charge in [0.2, 0.25) is 0 Å². The van der Waals surface area contributed by atoms with Crippen LogP contribution in [-0.4, -0.2) is 20.4 Å². The topological polar surface area (TPSA) is 17.8 Å². The highest BCUT2D eigenvalue weighted by Gasteiger charge is 2.16. The molecule has 2 rings (SSSR count). The summed E-state index contributed by atoms with van der Waals surface area (Å²) in [6.07, 6.45) is 9.99. The van der Waals surface area contributed by atoms with Crippen molar-refractivity contribution in [3.8, 4) is 0 Å². The molecule has 0 amide bonds. The highest BCUT2D eigenvalue weighted by molar-refractivity contribution is 9.09. The van der Waals surface area contributed by atoms with Crippen molar-refractivity contribution in [2.75, 3.05) is 10.7 Å². The van der Waals surface area contributed by atoms with Crippen molar-refractivity contribution in [3.63, 3.8) is 0 Å². The smallest absolute Gasteiger partial charge is 0.0628 e. The minimum absolute atomic E-state index is 0.643. The fraction of sp³-hybridized carbons (Fsp3) is 0.769. The molecule has 1 aromatic heterocycles. The lowest BCUT2D eigenvalue weighted by Crippen LogP contribution is -2.14. The molecule has 0 unspecified atom stereocenters. The van der Waals surface area contributed by atoms with Crippen LogP contribution in [0, 0.1) is 5.92 Å². The Morgan fingerprint density at radius 3 is 2.59 bits per heavy atom. The molecule has 17 heavy (non-hydrogen) atoms. The average Bonchev–Trinajstić information content (AvgIpc) is 2.85. The van der Waals surface area contributed by atoms with E-state index in [1.54, 1.807) is 0 Å². The zero-order chi connectivity index (χ0) is 12.1. The first kappa shape index (κ1) is 13.6. The normalized spacial score (nSPS) is 17.8. The fourth-order valence-corrected chi connectivity index (χ4v) is 4.01. The van der Waals surface area contributed by atoms with Gasteiger partial charge in [0.1, 0.15) is 0 Å². The molecule has 1 aromatic rings. The Bertz CT molecular complexity index is 328. The van der Waals surface area contributed by atoms with Crippen LogP contribution in [0.15, 0.2) is 12.3 Å². The van der Waals surface area contributed by atoms with Crippen LogP contribution in [0.5, 0.6) is 0 Å². The fourth-order valence-electron chi connectivity index (χ4n) is 2.48. The molecule has 0 spiro atoms. The monoisotopic (exact) mass is 362 g/mol. The second-order valence-corrected chi connectivity index (χ2v) is 6.25. The summed E-state index contributed by atoms with van der Waals surface area (Å²) in [6, 6.07) is 2.84. The lowest BCUT2D eigenvalue weighted by atomic mass is 9.96. The molecular weight excluding hydrogens is 344 g/mol. The van der Waals surface area contributed by atoms with Crippen molar-refractivity contribution in [1.29, 1.82) is 0 Å². The Balaban J connectivity index is 1.94. The summed E-state index contributed by atoms with van der Waals surface area (Å²) in [5, 5.41) is 6.82. The van der Waals surface area contributed by atoms with Crippen molar-refractivity contribution in [3.05, 3.63) is 18.0 Å². The number of nitrogens with zero attached hydrogens (tertiary/aromatic N) is 2. The number of rotatable bonds is 5. The van der Waals surface area contributed by atoms with Crippen LogP contribution in [0.4, 0.5) is 0 Å². The number of halogens is 2. The van der Waals surface area contributed by atoms with E-state index in [1.165, 1.54) is 37.8 Å². The first-order valence-corrected chi connectivity index (χ1v) is 8.73. The van der Waals surface area contributed by atoms with Gasteiger partial charge in [-0.2, -0.15) is 5.10 Å². The van der Waals surface area contributed by atoms with Crippen molar-refractivity contribution < 1.29 is 0 Å². The lowest BCUT2D eigenvalue weighted by Gasteiger charge is -2.21. The molecule has 1 aliphatic rings. The van der Waals surface area contributed by atoms with Crippen LogP contribution in [-0.2, 0) is 6.42 Å². The van der Waals surface area contributed by atoms with Gasteiger partial charge in [-0.25, -0.2) is 0 Å². The molecule has 1 fully saturated rings. The number of alkyl halides is 2. The van der Waals surface area contributed by atoms with E-state index in [-0.39, 0.29) is 0 Å². The van der Waals surface area contributed by atoms with E-state index < -0.39 is 0 Å². The molecule has 4 heteroatoms. The molecule has 1 heterocycles. The van der Waals surface area contributed by atoms with Crippen LogP contribution < -0.4 is 0 Å². The second kappa shape index (κ2) is 6.93. The van der Waals surface area contributed by atoms with Gasteiger partial charge in [-0.15, -0.1) is 0 Å². The highest BCUT2D eigenvalue weighted by Crippen LogP contribution is 2.27. The lowest BCUT2D eigenvalue weighted by molar-refractivity contribution is 0.327. The van der Waals surface area contributed by atoms with Crippen LogP contribution in [0.25, 0.3) is 0 Å². The molecule has 0 aliphatic heterocycles.